The van der Waals surface area contributed by atoms with Crippen LogP contribution in [0.5, 0.6) is 0 Å². The van der Waals surface area contributed by atoms with Crippen LogP contribution in [0.1, 0.15) is 47.5 Å². The zero-order chi connectivity index (χ0) is 21.3. The van der Waals surface area contributed by atoms with E-state index in [1.165, 1.54) is 28.0 Å². The van der Waals surface area contributed by atoms with Crippen LogP contribution in [0.3, 0.4) is 0 Å². The van der Waals surface area contributed by atoms with Crippen molar-refractivity contribution in [2.45, 2.75) is 49.7 Å². The van der Waals surface area contributed by atoms with Crippen molar-refractivity contribution in [3.8, 4) is 0 Å². The smallest absolute Gasteiger partial charge is 0.341 e. The number of fused-ring (bicyclic) bond motifs is 2. The number of carbonyl (C=O) groups is 2. The summed E-state index contributed by atoms with van der Waals surface area (Å²) >= 11 is 3.06. The number of amides is 1. The van der Waals surface area contributed by atoms with Gasteiger partial charge in [-0.1, -0.05) is 18.2 Å². The molecule has 0 radical (unpaired) electrons. The summed E-state index contributed by atoms with van der Waals surface area (Å²) in [7, 11) is 2.01. The summed E-state index contributed by atoms with van der Waals surface area (Å²) in [6.45, 7) is 4.03. The fourth-order valence-electron chi connectivity index (χ4n) is 3.93. The van der Waals surface area contributed by atoms with Gasteiger partial charge >= 0.3 is 5.97 Å². The molecule has 0 fully saturated rings. The molecule has 4 rings (SSSR count). The molecule has 1 atom stereocenters. The van der Waals surface area contributed by atoms with E-state index >= 15 is 0 Å². The van der Waals surface area contributed by atoms with Crippen LogP contribution in [0.25, 0.3) is 10.9 Å². The van der Waals surface area contributed by atoms with Gasteiger partial charge < -0.3 is 14.6 Å². The minimum Gasteiger partial charge on any atom is -0.462 e. The lowest BCUT2D eigenvalue weighted by Crippen LogP contribution is -2.23. The van der Waals surface area contributed by atoms with Gasteiger partial charge in [0.15, 0.2) is 0 Å². The van der Waals surface area contributed by atoms with Gasteiger partial charge in [0.05, 0.1) is 17.4 Å². The normalized spacial score (nSPS) is 14.4. The number of thioether (sulfide) groups is 1. The Morgan fingerprint density at radius 3 is 2.83 bits per heavy atom. The number of thiophene rings is 1. The fraction of sp³-hybridized carbons (Fsp3) is 0.391. The second-order valence-corrected chi connectivity index (χ2v) is 9.99. The number of nitrogens with one attached hydrogen (secondary N) is 1. The number of ether oxygens (including phenoxy) is 1. The molecule has 0 bridgehead atoms. The number of aryl methyl sites for hydroxylation is 2. The number of rotatable bonds is 6. The van der Waals surface area contributed by atoms with Gasteiger partial charge in [0, 0.05) is 33.9 Å². The molecular formula is C23H26N2O3S2. The molecule has 1 amide bonds. The molecule has 0 saturated carbocycles. The summed E-state index contributed by atoms with van der Waals surface area (Å²) in [6.07, 6.45) is 6.08. The first-order chi connectivity index (χ1) is 14.5. The van der Waals surface area contributed by atoms with E-state index in [4.69, 9.17) is 4.74 Å². The molecule has 0 spiro atoms. The Hall–Kier alpha value is -2.25. The SMILES string of the molecule is CCOC(=O)c1c(NC(=O)C(C)Sc2cn(C)c3ccccc23)sc2c1CCCC2. The monoisotopic (exact) mass is 442 g/mol. The van der Waals surface area contributed by atoms with Gasteiger partial charge in [-0.2, -0.15) is 0 Å². The van der Waals surface area contributed by atoms with Crippen molar-refractivity contribution in [3.63, 3.8) is 0 Å². The average molecular weight is 443 g/mol. The van der Waals surface area contributed by atoms with Crippen LogP contribution in [-0.4, -0.2) is 28.3 Å². The highest BCUT2D eigenvalue weighted by atomic mass is 32.2. The zero-order valence-corrected chi connectivity index (χ0v) is 19.1. The van der Waals surface area contributed by atoms with Crippen LogP contribution in [0.2, 0.25) is 0 Å². The molecule has 2 heterocycles. The molecule has 7 heteroatoms. The van der Waals surface area contributed by atoms with E-state index in [2.05, 4.69) is 28.2 Å². The Morgan fingerprint density at radius 2 is 2.03 bits per heavy atom. The lowest BCUT2D eigenvalue weighted by Gasteiger charge is -2.13. The summed E-state index contributed by atoms with van der Waals surface area (Å²) in [5.41, 5.74) is 2.77. The maximum absolute atomic E-state index is 13.0. The minimum absolute atomic E-state index is 0.0999. The average Bonchev–Trinajstić information content (AvgIpc) is 3.25. The van der Waals surface area contributed by atoms with E-state index in [1.54, 1.807) is 6.92 Å². The molecule has 1 aliphatic rings. The third kappa shape index (κ3) is 4.01. The van der Waals surface area contributed by atoms with Gasteiger partial charge in [-0.25, -0.2) is 4.79 Å². The number of hydrogen-bond donors (Lipinski definition) is 1. The minimum atomic E-state index is -0.332. The molecule has 1 aliphatic carbocycles. The number of para-hydroxylation sites is 1. The third-order valence-corrected chi connectivity index (χ3v) is 7.78. The Balaban J connectivity index is 1.56. The van der Waals surface area contributed by atoms with Gasteiger partial charge in [0.2, 0.25) is 5.91 Å². The highest BCUT2D eigenvalue weighted by Gasteiger charge is 2.28. The van der Waals surface area contributed by atoms with Gasteiger partial charge in [-0.15, -0.1) is 23.1 Å². The highest BCUT2D eigenvalue weighted by Crippen LogP contribution is 2.39. The number of hydrogen-bond acceptors (Lipinski definition) is 5. The van der Waals surface area contributed by atoms with Crippen molar-refractivity contribution >= 4 is 50.9 Å². The summed E-state index contributed by atoms with van der Waals surface area (Å²) < 4.78 is 7.37. The van der Waals surface area contributed by atoms with E-state index in [9.17, 15) is 9.59 Å². The number of anilines is 1. The molecule has 1 aromatic carbocycles. The summed E-state index contributed by atoms with van der Waals surface area (Å²) in [5, 5.41) is 4.51. The molecule has 5 nitrogen and oxygen atoms in total. The van der Waals surface area contributed by atoms with Gasteiger partial charge in [-0.05, 0) is 51.2 Å². The van der Waals surface area contributed by atoms with Crippen LogP contribution in [-0.2, 0) is 29.4 Å². The molecule has 2 aromatic heterocycles. The maximum Gasteiger partial charge on any atom is 0.341 e. The van der Waals surface area contributed by atoms with E-state index in [0.29, 0.717) is 17.2 Å². The lowest BCUT2D eigenvalue weighted by molar-refractivity contribution is -0.115. The summed E-state index contributed by atoms with van der Waals surface area (Å²) in [6, 6.07) is 8.18. The Labute approximate surface area is 184 Å². The second kappa shape index (κ2) is 8.86. The van der Waals surface area contributed by atoms with Gasteiger partial charge in [0.1, 0.15) is 5.00 Å². The number of esters is 1. The van der Waals surface area contributed by atoms with Crippen LogP contribution < -0.4 is 5.32 Å². The lowest BCUT2D eigenvalue weighted by atomic mass is 9.95. The molecule has 1 unspecified atom stereocenters. The van der Waals surface area contributed by atoms with Crippen molar-refractivity contribution in [2.24, 2.45) is 7.05 Å². The van der Waals surface area contributed by atoms with E-state index in [0.717, 1.165) is 47.0 Å². The number of benzene rings is 1. The number of aromatic nitrogens is 1. The molecule has 30 heavy (non-hydrogen) atoms. The zero-order valence-electron chi connectivity index (χ0n) is 17.5. The van der Waals surface area contributed by atoms with Gasteiger partial charge in [0.25, 0.3) is 0 Å². The number of nitrogens with zero attached hydrogens (tertiary/aromatic N) is 1. The summed E-state index contributed by atoms with van der Waals surface area (Å²) in [5.74, 6) is -0.432. The first-order valence-electron chi connectivity index (χ1n) is 10.3. The van der Waals surface area contributed by atoms with E-state index < -0.39 is 0 Å². The quantitative estimate of drug-likeness (QED) is 0.409. The topological polar surface area (TPSA) is 60.3 Å². The first-order valence-corrected chi connectivity index (χ1v) is 12.0. The third-order valence-electron chi connectivity index (χ3n) is 5.42. The number of carbonyl (C=O) groups excluding carboxylic acids is 2. The first kappa shape index (κ1) is 21.0. The van der Waals surface area contributed by atoms with Crippen molar-refractivity contribution in [2.75, 3.05) is 11.9 Å². The Bertz CT molecular complexity index is 1100. The largest absolute Gasteiger partial charge is 0.462 e. The molecule has 0 aliphatic heterocycles. The standard InChI is InChI=1S/C23H26N2O3S2/c1-4-28-23(27)20-16-10-6-8-12-18(16)30-22(20)24-21(26)14(2)29-19-13-25(3)17-11-7-5-9-15(17)19/h5,7,9,11,13-14H,4,6,8,10,12H2,1-3H3,(H,24,26). The van der Waals surface area contributed by atoms with Crippen molar-refractivity contribution in [3.05, 3.63) is 46.5 Å². The predicted octanol–water partition coefficient (Wildman–Crippen LogP) is 5.41. The van der Waals surface area contributed by atoms with Crippen LogP contribution in [0.15, 0.2) is 35.4 Å². The van der Waals surface area contributed by atoms with Crippen LogP contribution >= 0.6 is 23.1 Å². The molecule has 1 N–H and O–H groups in total. The van der Waals surface area contributed by atoms with E-state index in [-0.39, 0.29) is 17.1 Å². The second-order valence-electron chi connectivity index (χ2n) is 7.51. The van der Waals surface area contributed by atoms with Crippen LogP contribution in [0.4, 0.5) is 5.00 Å². The Kier molecular flexibility index (Phi) is 6.20. The maximum atomic E-state index is 13.0. The van der Waals surface area contributed by atoms with Gasteiger partial charge in [-0.3, -0.25) is 4.79 Å². The molecular weight excluding hydrogens is 416 g/mol. The Morgan fingerprint density at radius 1 is 1.27 bits per heavy atom. The molecule has 158 valence electrons. The van der Waals surface area contributed by atoms with Crippen molar-refractivity contribution in [1.29, 1.82) is 0 Å². The van der Waals surface area contributed by atoms with Crippen molar-refractivity contribution in [1.82, 2.24) is 4.57 Å². The molecule has 0 saturated heterocycles. The van der Waals surface area contributed by atoms with Crippen LogP contribution in [0, 0.1) is 0 Å². The fourth-order valence-corrected chi connectivity index (χ4v) is 6.27. The van der Waals surface area contributed by atoms with E-state index in [1.807, 2.05) is 26.1 Å². The van der Waals surface area contributed by atoms with Crippen molar-refractivity contribution < 1.29 is 14.3 Å². The summed E-state index contributed by atoms with van der Waals surface area (Å²) in [4.78, 5) is 27.9. The highest BCUT2D eigenvalue weighted by molar-refractivity contribution is 8.00. The molecule has 3 aromatic rings. The predicted molar refractivity (Wildman–Crippen MR) is 124 cm³/mol.